The van der Waals surface area contributed by atoms with Gasteiger partial charge in [-0.05, 0) is 62.3 Å². The van der Waals surface area contributed by atoms with Crippen LogP contribution in [-0.4, -0.2) is 37.9 Å². The van der Waals surface area contributed by atoms with Gasteiger partial charge in [0.05, 0.1) is 23.2 Å². The average molecular weight is 423 g/mol. The van der Waals surface area contributed by atoms with Crippen molar-refractivity contribution >= 4 is 27.2 Å². The van der Waals surface area contributed by atoms with Crippen LogP contribution in [0.2, 0.25) is 0 Å². The van der Waals surface area contributed by atoms with Gasteiger partial charge < -0.3 is 9.94 Å². The summed E-state index contributed by atoms with van der Waals surface area (Å²) in [5, 5.41) is 14.7. The lowest BCUT2D eigenvalue weighted by atomic mass is 9.77. The van der Waals surface area contributed by atoms with Crippen molar-refractivity contribution < 1.29 is 23.2 Å². The second-order valence-corrected chi connectivity index (χ2v) is 9.21. The maximum atomic E-state index is 12.9. The van der Waals surface area contributed by atoms with Crippen LogP contribution in [-0.2, 0) is 19.7 Å². The lowest BCUT2D eigenvalue weighted by molar-refractivity contribution is -0.116. The molecular weight excluding hydrogens is 392 g/mol. The van der Waals surface area contributed by atoms with E-state index in [0.29, 0.717) is 24.4 Å². The molecule has 8 heteroatoms. The van der Waals surface area contributed by atoms with Crippen molar-refractivity contribution in [3.63, 3.8) is 0 Å². The van der Waals surface area contributed by atoms with Crippen molar-refractivity contribution in [3.05, 3.63) is 39.7 Å². The summed E-state index contributed by atoms with van der Waals surface area (Å²) in [4.78, 5) is 18.0. The molecule has 1 aliphatic carbocycles. The zero-order valence-corrected chi connectivity index (χ0v) is 18.7. The lowest BCUT2D eigenvalue weighted by Gasteiger charge is -2.28. The first-order valence-corrected chi connectivity index (χ1v) is 11.6. The van der Waals surface area contributed by atoms with Crippen molar-refractivity contribution in [2.75, 3.05) is 17.6 Å². The van der Waals surface area contributed by atoms with Gasteiger partial charge in [0.15, 0.2) is 5.78 Å². The summed E-state index contributed by atoms with van der Waals surface area (Å²) in [7, 11) is -3.44. The molecule has 1 aliphatic rings. The third kappa shape index (κ3) is 5.18. The quantitative estimate of drug-likeness (QED) is 0.509. The molecule has 1 aromatic carbocycles. The van der Waals surface area contributed by atoms with E-state index >= 15 is 0 Å². The van der Waals surface area contributed by atoms with Crippen LogP contribution in [0, 0.1) is 20.8 Å². The van der Waals surface area contributed by atoms with Crippen molar-refractivity contribution in [1.29, 1.82) is 0 Å². The number of aryl methyl sites for hydroxylation is 2. The van der Waals surface area contributed by atoms with Gasteiger partial charge >= 0.3 is 0 Å². The number of anilines is 1. The summed E-state index contributed by atoms with van der Waals surface area (Å²) in [6.07, 6.45) is 2.09. The van der Waals surface area contributed by atoms with Crippen molar-refractivity contribution in [1.82, 2.24) is 0 Å². The molecule has 0 aliphatic heterocycles. The molecule has 29 heavy (non-hydrogen) atoms. The van der Waals surface area contributed by atoms with E-state index in [2.05, 4.69) is 9.88 Å². The number of carbonyl (C=O) groups excluding carboxylic acids is 1. The van der Waals surface area contributed by atoms with Gasteiger partial charge in [0.2, 0.25) is 10.0 Å². The predicted molar refractivity (Wildman–Crippen MR) is 115 cm³/mol. The van der Waals surface area contributed by atoms with Gasteiger partial charge in [-0.3, -0.25) is 9.52 Å². The van der Waals surface area contributed by atoms with Crippen molar-refractivity contribution in [3.8, 4) is 0 Å². The minimum atomic E-state index is -3.44. The summed E-state index contributed by atoms with van der Waals surface area (Å²) in [6.45, 7) is 9.67. The largest absolute Gasteiger partial charge is 0.511 e. The summed E-state index contributed by atoms with van der Waals surface area (Å²) in [5.41, 5.74) is 4.67. The van der Waals surface area contributed by atoms with Crippen LogP contribution in [0.3, 0.4) is 0 Å². The van der Waals surface area contributed by atoms with Crippen LogP contribution >= 0.6 is 0 Å². The molecule has 0 saturated carbocycles. The predicted octanol–water partition coefficient (Wildman–Crippen LogP) is 4.04. The van der Waals surface area contributed by atoms with E-state index in [1.54, 1.807) is 6.92 Å². The number of hydrogen-bond acceptors (Lipinski definition) is 6. The Morgan fingerprint density at radius 3 is 2.41 bits per heavy atom. The van der Waals surface area contributed by atoms with Gasteiger partial charge in [-0.2, -0.15) is 0 Å². The highest BCUT2D eigenvalue weighted by molar-refractivity contribution is 7.92. The molecule has 0 heterocycles. The fourth-order valence-corrected chi connectivity index (χ4v) is 4.71. The molecule has 0 fully saturated rings. The third-order valence-electron chi connectivity index (χ3n) is 5.09. The zero-order chi connectivity index (χ0) is 21.9. The summed E-state index contributed by atoms with van der Waals surface area (Å²) < 4.78 is 26.1. The second-order valence-electron chi connectivity index (χ2n) is 7.46. The second kappa shape index (κ2) is 8.98. The monoisotopic (exact) mass is 422 g/mol. The SMILES string of the molecule is CCO/N=C(/CC)C1=C(O)CC(c2c(C)cc(C)c(NS(C)(=O)=O)c2C)CC1=O. The minimum Gasteiger partial charge on any atom is -0.511 e. The standard InChI is InChI=1S/C21H30N2O5S/c1-7-16(22-28-8-2)20-17(24)10-15(11-18(20)25)19-12(3)9-13(4)21(14(19)5)23-29(6,26)27/h9,15,23-24H,7-8,10-11H2,1-6H3/b22-16-. The van der Waals surface area contributed by atoms with E-state index in [-0.39, 0.29) is 35.9 Å². The van der Waals surface area contributed by atoms with Crippen molar-refractivity contribution in [2.45, 2.75) is 59.8 Å². The van der Waals surface area contributed by atoms with E-state index in [0.717, 1.165) is 28.5 Å². The Morgan fingerprint density at radius 2 is 1.90 bits per heavy atom. The Labute approximate surface area is 172 Å². The van der Waals surface area contributed by atoms with Gasteiger partial charge in [-0.25, -0.2) is 8.42 Å². The number of Topliss-reactive ketones (excluding diaryl/α,β-unsaturated/α-hetero) is 1. The van der Waals surface area contributed by atoms with E-state index in [9.17, 15) is 18.3 Å². The highest BCUT2D eigenvalue weighted by Crippen LogP contribution is 2.40. The molecule has 0 radical (unpaired) electrons. The number of ketones is 1. The normalized spacial score (nSPS) is 18.2. The number of allylic oxidation sites excluding steroid dienone is 2. The molecule has 0 bridgehead atoms. The molecule has 0 amide bonds. The first-order valence-electron chi connectivity index (χ1n) is 9.73. The minimum absolute atomic E-state index is 0.00329. The first kappa shape index (κ1) is 22.9. The summed E-state index contributed by atoms with van der Waals surface area (Å²) in [6, 6.07) is 1.91. The van der Waals surface area contributed by atoms with Crippen LogP contribution < -0.4 is 4.72 Å². The Bertz CT molecular complexity index is 977. The van der Waals surface area contributed by atoms with E-state index in [1.165, 1.54) is 0 Å². The number of nitrogens with zero attached hydrogens (tertiary/aromatic N) is 1. The number of oxime groups is 1. The number of aliphatic hydroxyl groups is 1. The van der Waals surface area contributed by atoms with Gasteiger partial charge in [-0.1, -0.05) is 18.1 Å². The number of benzene rings is 1. The topological polar surface area (TPSA) is 105 Å². The van der Waals surface area contributed by atoms with Gasteiger partial charge in [0.1, 0.15) is 12.4 Å². The highest BCUT2D eigenvalue weighted by atomic mass is 32.2. The first-order chi connectivity index (χ1) is 13.5. The molecule has 160 valence electrons. The summed E-state index contributed by atoms with van der Waals surface area (Å²) in [5.74, 6) is -0.420. The molecule has 1 unspecified atom stereocenters. The molecule has 2 rings (SSSR count). The third-order valence-corrected chi connectivity index (χ3v) is 5.67. The molecule has 0 aromatic heterocycles. The smallest absolute Gasteiger partial charge is 0.229 e. The van der Waals surface area contributed by atoms with E-state index in [1.807, 2.05) is 33.8 Å². The van der Waals surface area contributed by atoms with Gasteiger partial charge in [-0.15, -0.1) is 0 Å². The Balaban J connectivity index is 2.51. The van der Waals surface area contributed by atoms with Crippen LogP contribution in [0.25, 0.3) is 0 Å². The number of hydrogen-bond donors (Lipinski definition) is 2. The molecule has 7 nitrogen and oxygen atoms in total. The maximum absolute atomic E-state index is 12.9. The lowest BCUT2D eigenvalue weighted by Crippen LogP contribution is -2.25. The van der Waals surface area contributed by atoms with E-state index < -0.39 is 10.0 Å². The van der Waals surface area contributed by atoms with Crippen LogP contribution in [0.4, 0.5) is 5.69 Å². The Morgan fingerprint density at radius 1 is 1.24 bits per heavy atom. The highest BCUT2D eigenvalue weighted by Gasteiger charge is 2.33. The number of sulfonamides is 1. The number of carbonyl (C=O) groups is 1. The van der Waals surface area contributed by atoms with Crippen LogP contribution in [0.1, 0.15) is 61.3 Å². The van der Waals surface area contributed by atoms with Gasteiger partial charge in [0.25, 0.3) is 0 Å². The molecular formula is C21H30N2O5S. The van der Waals surface area contributed by atoms with Gasteiger partial charge in [0, 0.05) is 12.8 Å². The maximum Gasteiger partial charge on any atom is 0.229 e. The number of rotatable bonds is 7. The molecule has 0 spiro atoms. The molecule has 1 aromatic rings. The summed E-state index contributed by atoms with van der Waals surface area (Å²) >= 11 is 0. The molecule has 2 N–H and O–H groups in total. The Kier molecular flexibility index (Phi) is 7.11. The molecule has 0 saturated heterocycles. The fraction of sp³-hybridized carbons (Fsp3) is 0.524. The zero-order valence-electron chi connectivity index (χ0n) is 17.9. The van der Waals surface area contributed by atoms with Crippen molar-refractivity contribution in [2.24, 2.45) is 5.16 Å². The number of aliphatic hydroxyl groups excluding tert-OH is 1. The Hall–Kier alpha value is -2.35. The average Bonchev–Trinajstić information content (AvgIpc) is 2.60. The molecule has 1 atom stereocenters. The van der Waals surface area contributed by atoms with Crippen LogP contribution in [0.15, 0.2) is 22.6 Å². The van der Waals surface area contributed by atoms with Crippen LogP contribution in [0.5, 0.6) is 0 Å². The fourth-order valence-electron chi connectivity index (χ4n) is 4.03. The number of nitrogens with one attached hydrogen (secondary N) is 1. The van der Waals surface area contributed by atoms with E-state index in [4.69, 9.17) is 4.84 Å².